The highest BCUT2D eigenvalue weighted by Crippen LogP contribution is 2.30. The summed E-state index contributed by atoms with van der Waals surface area (Å²) in [4.78, 5) is 27.6. The van der Waals surface area contributed by atoms with E-state index in [4.69, 9.17) is 5.73 Å². The number of amides is 3. The van der Waals surface area contributed by atoms with Crippen LogP contribution in [0.1, 0.15) is 21.6 Å². The lowest BCUT2D eigenvalue weighted by atomic mass is 10.1. The molecule has 0 aliphatic heterocycles. The minimum atomic E-state index is -0.675. The highest BCUT2D eigenvalue weighted by molar-refractivity contribution is 5.94. The molecule has 1 aromatic carbocycles. The van der Waals surface area contributed by atoms with Gasteiger partial charge in [-0.2, -0.15) is 5.10 Å². The third kappa shape index (κ3) is 3.50. The van der Waals surface area contributed by atoms with E-state index in [1.165, 1.54) is 0 Å². The molecule has 0 unspecified atom stereocenters. The van der Waals surface area contributed by atoms with Crippen LogP contribution in [0.4, 0.5) is 10.6 Å². The van der Waals surface area contributed by atoms with Gasteiger partial charge in [-0.25, -0.2) is 9.48 Å². The SMILES string of the molecule is CNC(=O)c1ncc(-c2nn(-c3ccccc3)c(NC(N)=O)c2C)cc1C. The van der Waals surface area contributed by atoms with Crippen molar-refractivity contribution in [2.75, 3.05) is 12.4 Å². The van der Waals surface area contributed by atoms with Crippen LogP contribution in [0, 0.1) is 13.8 Å². The maximum atomic E-state index is 11.9. The summed E-state index contributed by atoms with van der Waals surface area (Å²) in [5.41, 5.74) is 9.32. The number of primary amides is 1. The molecule has 4 N–H and O–H groups in total. The van der Waals surface area contributed by atoms with Crippen LogP contribution in [0.15, 0.2) is 42.6 Å². The van der Waals surface area contributed by atoms with Gasteiger partial charge in [0.05, 0.1) is 11.4 Å². The number of urea groups is 1. The molecule has 2 aromatic heterocycles. The number of carbonyl (C=O) groups excluding carboxylic acids is 2. The Morgan fingerprint density at radius 1 is 1.15 bits per heavy atom. The summed E-state index contributed by atoms with van der Waals surface area (Å²) >= 11 is 0. The average molecular weight is 364 g/mol. The molecular formula is C19H20N6O2. The number of nitrogens with zero attached hydrogens (tertiary/aromatic N) is 3. The maximum Gasteiger partial charge on any atom is 0.317 e. The van der Waals surface area contributed by atoms with Gasteiger partial charge < -0.3 is 11.1 Å². The van der Waals surface area contributed by atoms with Crippen LogP contribution in [0.25, 0.3) is 16.9 Å². The number of carbonyl (C=O) groups is 2. The Morgan fingerprint density at radius 2 is 1.85 bits per heavy atom. The van der Waals surface area contributed by atoms with Crippen LogP contribution in [0.5, 0.6) is 0 Å². The van der Waals surface area contributed by atoms with E-state index in [1.807, 2.05) is 50.2 Å². The molecular weight excluding hydrogens is 344 g/mol. The van der Waals surface area contributed by atoms with Crippen molar-refractivity contribution in [1.82, 2.24) is 20.1 Å². The molecule has 3 aromatic rings. The van der Waals surface area contributed by atoms with Crippen LogP contribution in [0.2, 0.25) is 0 Å². The number of anilines is 1. The molecule has 0 fully saturated rings. The molecule has 0 radical (unpaired) electrons. The fourth-order valence-electron chi connectivity index (χ4n) is 2.85. The minimum Gasteiger partial charge on any atom is -0.354 e. The Labute approximate surface area is 156 Å². The molecule has 138 valence electrons. The third-order valence-corrected chi connectivity index (χ3v) is 4.16. The fraction of sp³-hybridized carbons (Fsp3) is 0.158. The van der Waals surface area contributed by atoms with E-state index in [0.29, 0.717) is 17.2 Å². The van der Waals surface area contributed by atoms with E-state index in [2.05, 4.69) is 20.7 Å². The summed E-state index contributed by atoms with van der Waals surface area (Å²) in [5.74, 6) is 0.235. The molecule has 0 bridgehead atoms. The van der Waals surface area contributed by atoms with E-state index in [0.717, 1.165) is 22.4 Å². The smallest absolute Gasteiger partial charge is 0.317 e. The average Bonchev–Trinajstić information content (AvgIpc) is 2.98. The number of nitrogens with two attached hydrogens (primary N) is 1. The summed E-state index contributed by atoms with van der Waals surface area (Å²) in [6, 6.07) is 10.6. The summed E-state index contributed by atoms with van der Waals surface area (Å²) in [7, 11) is 1.56. The molecule has 0 spiro atoms. The van der Waals surface area contributed by atoms with Crippen LogP contribution >= 0.6 is 0 Å². The van der Waals surface area contributed by atoms with Crippen molar-refractivity contribution in [1.29, 1.82) is 0 Å². The Morgan fingerprint density at radius 3 is 2.44 bits per heavy atom. The zero-order valence-corrected chi connectivity index (χ0v) is 15.3. The zero-order valence-electron chi connectivity index (χ0n) is 15.3. The first-order chi connectivity index (χ1) is 12.9. The first-order valence-electron chi connectivity index (χ1n) is 8.33. The summed E-state index contributed by atoms with van der Waals surface area (Å²) in [6.07, 6.45) is 1.59. The first kappa shape index (κ1) is 18.1. The second-order valence-corrected chi connectivity index (χ2v) is 6.03. The topological polar surface area (TPSA) is 115 Å². The number of nitrogens with one attached hydrogen (secondary N) is 2. The number of hydrogen-bond acceptors (Lipinski definition) is 4. The monoisotopic (exact) mass is 364 g/mol. The lowest BCUT2D eigenvalue weighted by Gasteiger charge is -2.07. The van der Waals surface area contributed by atoms with Crippen molar-refractivity contribution in [2.24, 2.45) is 5.73 Å². The number of aryl methyl sites for hydroxylation is 1. The molecule has 8 heteroatoms. The molecule has 0 aliphatic carbocycles. The lowest BCUT2D eigenvalue weighted by Crippen LogP contribution is -2.21. The Hall–Kier alpha value is -3.68. The van der Waals surface area contributed by atoms with Gasteiger partial charge in [-0.05, 0) is 37.6 Å². The van der Waals surface area contributed by atoms with Crippen LogP contribution in [-0.2, 0) is 0 Å². The number of benzene rings is 1. The van der Waals surface area contributed by atoms with E-state index in [1.54, 1.807) is 17.9 Å². The summed E-state index contributed by atoms with van der Waals surface area (Å²) < 4.78 is 1.62. The van der Waals surface area contributed by atoms with Crippen molar-refractivity contribution in [2.45, 2.75) is 13.8 Å². The molecule has 3 rings (SSSR count). The predicted molar refractivity (Wildman–Crippen MR) is 103 cm³/mol. The molecule has 0 atom stereocenters. The predicted octanol–water partition coefficient (Wildman–Crippen LogP) is 2.40. The fourth-order valence-corrected chi connectivity index (χ4v) is 2.85. The highest BCUT2D eigenvalue weighted by atomic mass is 16.2. The lowest BCUT2D eigenvalue weighted by molar-refractivity contribution is 0.0957. The van der Waals surface area contributed by atoms with E-state index >= 15 is 0 Å². The number of hydrogen-bond donors (Lipinski definition) is 3. The number of para-hydroxylation sites is 1. The van der Waals surface area contributed by atoms with Gasteiger partial charge in [0.1, 0.15) is 11.5 Å². The van der Waals surface area contributed by atoms with Gasteiger partial charge in [0.25, 0.3) is 5.91 Å². The molecule has 27 heavy (non-hydrogen) atoms. The second kappa shape index (κ2) is 7.28. The minimum absolute atomic E-state index is 0.248. The summed E-state index contributed by atoms with van der Waals surface area (Å²) in [6.45, 7) is 3.65. The molecule has 3 amide bonds. The number of aromatic nitrogens is 3. The van der Waals surface area contributed by atoms with Crippen LogP contribution in [-0.4, -0.2) is 33.8 Å². The summed E-state index contributed by atoms with van der Waals surface area (Å²) in [5, 5.41) is 9.85. The van der Waals surface area contributed by atoms with Gasteiger partial charge in [-0.15, -0.1) is 0 Å². The molecule has 0 aliphatic rings. The normalized spacial score (nSPS) is 10.5. The molecule has 0 saturated heterocycles. The standard InChI is InChI=1S/C19H20N6O2/c1-11-9-13(10-22-15(11)18(26)21-3)16-12(2)17(23-19(20)27)25(24-16)14-7-5-4-6-8-14/h4-10H,1-3H3,(H,21,26)(H3,20,23,27). The van der Waals surface area contributed by atoms with Crippen molar-refractivity contribution in [3.05, 3.63) is 59.4 Å². The highest BCUT2D eigenvalue weighted by Gasteiger charge is 2.19. The van der Waals surface area contributed by atoms with Crippen molar-refractivity contribution in [3.63, 3.8) is 0 Å². The number of pyridine rings is 1. The van der Waals surface area contributed by atoms with E-state index in [9.17, 15) is 9.59 Å². The molecule has 8 nitrogen and oxygen atoms in total. The van der Waals surface area contributed by atoms with Crippen LogP contribution < -0.4 is 16.4 Å². The van der Waals surface area contributed by atoms with Crippen molar-refractivity contribution < 1.29 is 9.59 Å². The van der Waals surface area contributed by atoms with Gasteiger partial charge >= 0.3 is 6.03 Å². The Kier molecular flexibility index (Phi) is 4.89. The van der Waals surface area contributed by atoms with E-state index in [-0.39, 0.29) is 5.91 Å². The van der Waals surface area contributed by atoms with Crippen molar-refractivity contribution in [3.8, 4) is 16.9 Å². The quantitative estimate of drug-likeness (QED) is 0.659. The zero-order chi connectivity index (χ0) is 19.6. The second-order valence-electron chi connectivity index (χ2n) is 6.03. The number of rotatable bonds is 4. The van der Waals surface area contributed by atoms with Crippen LogP contribution in [0.3, 0.4) is 0 Å². The van der Waals surface area contributed by atoms with Crippen molar-refractivity contribution >= 4 is 17.8 Å². The first-order valence-corrected chi connectivity index (χ1v) is 8.33. The van der Waals surface area contributed by atoms with Gasteiger partial charge in [0, 0.05) is 24.4 Å². The van der Waals surface area contributed by atoms with Gasteiger partial charge in [-0.3, -0.25) is 15.1 Å². The van der Waals surface area contributed by atoms with Gasteiger partial charge in [-0.1, -0.05) is 18.2 Å². The third-order valence-electron chi connectivity index (χ3n) is 4.16. The van der Waals surface area contributed by atoms with Gasteiger partial charge in [0.15, 0.2) is 0 Å². The molecule has 0 saturated carbocycles. The van der Waals surface area contributed by atoms with E-state index < -0.39 is 6.03 Å². The Bertz CT molecular complexity index is 1010. The maximum absolute atomic E-state index is 11.9. The molecule has 2 heterocycles. The Balaban J connectivity index is 2.14. The van der Waals surface area contributed by atoms with Gasteiger partial charge in [0.2, 0.25) is 0 Å². The largest absolute Gasteiger partial charge is 0.354 e.